The van der Waals surface area contributed by atoms with Crippen molar-refractivity contribution in [3.05, 3.63) is 35.3 Å². The average Bonchev–Trinajstić information content (AvgIpc) is 3.67. The highest BCUT2D eigenvalue weighted by Crippen LogP contribution is 2.51. The van der Waals surface area contributed by atoms with Gasteiger partial charge in [-0.2, -0.15) is 0 Å². The Kier molecular flexibility index (Phi) is 8.60. The maximum Gasteiger partial charge on any atom is 0.251 e. The number of piperazine rings is 1. The molecule has 0 bridgehead atoms. The molecule has 3 aliphatic heterocycles. The molecule has 3 aliphatic carbocycles. The SMILES string of the molecule is COc1cc(C(=O)NC2CCC(N3CCN(C)CC3)CC2)ccc1NC1NCC2=C(N1)N(C1CCCC1)CC1(CC1)C(=O)N2C. The van der Waals surface area contributed by atoms with Gasteiger partial charge >= 0.3 is 0 Å². The van der Waals surface area contributed by atoms with Crippen molar-refractivity contribution in [2.45, 2.75) is 88.6 Å². The number of nitrogens with zero attached hydrogens (tertiary/aromatic N) is 4. The summed E-state index contributed by atoms with van der Waals surface area (Å²) < 4.78 is 5.77. The van der Waals surface area contributed by atoms with Crippen LogP contribution in [0.25, 0.3) is 0 Å². The molecule has 1 unspecified atom stereocenters. The molecule has 11 heteroatoms. The number of carbonyl (C=O) groups is 2. The molecule has 1 spiro atoms. The Balaban J connectivity index is 0.986. The Bertz CT molecular complexity index is 1290. The molecule has 7 rings (SSSR count). The fourth-order valence-corrected chi connectivity index (χ4v) is 8.32. The molecule has 11 nitrogen and oxygen atoms in total. The molecular weight excluding hydrogens is 568 g/mol. The lowest BCUT2D eigenvalue weighted by Gasteiger charge is -2.41. The summed E-state index contributed by atoms with van der Waals surface area (Å²) >= 11 is 0. The Hall–Kier alpha value is -3.02. The number of likely N-dealkylation sites (N-methyl/N-ethyl adjacent to an activating group) is 2. The Morgan fingerprint density at radius 1 is 0.978 bits per heavy atom. The Labute approximate surface area is 268 Å². The topological polar surface area (TPSA) is 104 Å². The van der Waals surface area contributed by atoms with Gasteiger partial charge in [0.05, 0.1) is 23.9 Å². The molecule has 1 saturated heterocycles. The lowest BCUT2D eigenvalue weighted by atomic mass is 9.89. The van der Waals surface area contributed by atoms with Gasteiger partial charge in [0.1, 0.15) is 11.6 Å². The van der Waals surface area contributed by atoms with Gasteiger partial charge in [0.15, 0.2) is 6.29 Å². The first-order valence-corrected chi connectivity index (χ1v) is 17.3. The van der Waals surface area contributed by atoms with Crippen molar-refractivity contribution in [3.8, 4) is 5.75 Å². The van der Waals surface area contributed by atoms with Gasteiger partial charge in [-0.05, 0) is 76.6 Å². The molecule has 3 saturated carbocycles. The predicted octanol–water partition coefficient (Wildman–Crippen LogP) is 2.54. The number of hydrogen-bond donors (Lipinski definition) is 4. The molecule has 6 aliphatic rings. The first kappa shape index (κ1) is 30.6. The fraction of sp³-hybridized carbons (Fsp3) is 0.706. The third-order valence-electron chi connectivity index (χ3n) is 11.4. The summed E-state index contributed by atoms with van der Waals surface area (Å²) in [4.78, 5) is 36.2. The average molecular weight is 621 g/mol. The summed E-state index contributed by atoms with van der Waals surface area (Å²) in [6.45, 7) is 5.98. The maximum atomic E-state index is 13.4. The van der Waals surface area contributed by atoms with Crippen molar-refractivity contribution in [1.29, 1.82) is 0 Å². The van der Waals surface area contributed by atoms with Gasteiger partial charge in [0.25, 0.3) is 5.91 Å². The van der Waals surface area contributed by atoms with Crippen molar-refractivity contribution >= 4 is 17.5 Å². The van der Waals surface area contributed by atoms with E-state index < -0.39 is 0 Å². The number of hydrogen-bond acceptors (Lipinski definition) is 9. The predicted molar refractivity (Wildman–Crippen MR) is 175 cm³/mol. The summed E-state index contributed by atoms with van der Waals surface area (Å²) in [5, 5.41) is 14.1. The minimum atomic E-state index is -0.256. The number of benzene rings is 1. The van der Waals surface area contributed by atoms with E-state index in [9.17, 15) is 9.59 Å². The van der Waals surface area contributed by atoms with Crippen LogP contribution in [0.4, 0.5) is 5.69 Å². The van der Waals surface area contributed by atoms with Crippen molar-refractivity contribution in [2.24, 2.45) is 5.41 Å². The van der Waals surface area contributed by atoms with Crippen LogP contribution in [0.15, 0.2) is 29.7 Å². The van der Waals surface area contributed by atoms with Crippen LogP contribution in [0.2, 0.25) is 0 Å². The zero-order chi connectivity index (χ0) is 31.1. The van der Waals surface area contributed by atoms with Crippen LogP contribution in [-0.2, 0) is 4.79 Å². The van der Waals surface area contributed by atoms with E-state index in [-0.39, 0.29) is 29.6 Å². The second kappa shape index (κ2) is 12.6. The standard InChI is InChI=1S/C34H52N8O3/c1-39-16-18-41(19-17-39)25-11-9-24(10-12-25)36-31(43)23-8-13-27(29(20-23)45-3)37-33-35-21-28-30(38-33)42(26-6-4-5-7-26)22-34(14-15-34)32(44)40(28)2/h8,13,20,24-26,33,35,37-38H,4-7,9-12,14-19,21-22H2,1-3H3,(H,36,43). The van der Waals surface area contributed by atoms with Crippen molar-refractivity contribution in [3.63, 3.8) is 0 Å². The van der Waals surface area contributed by atoms with Crippen molar-refractivity contribution in [2.75, 3.05) is 65.8 Å². The van der Waals surface area contributed by atoms with Gasteiger partial charge < -0.3 is 35.4 Å². The minimum absolute atomic E-state index is 0.0426. The van der Waals surface area contributed by atoms with Crippen LogP contribution in [0.1, 0.15) is 74.6 Å². The normalized spacial score (nSPS) is 29.3. The van der Waals surface area contributed by atoms with Crippen LogP contribution in [0.5, 0.6) is 5.75 Å². The highest BCUT2D eigenvalue weighted by atomic mass is 16.5. The van der Waals surface area contributed by atoms with E-state index in [4.69, 9.17) is 4.74 Å². The minimum Gasteiger partial charge on any atom is -0.495 e. The molecule has 3 heterocycles. The van der Waals surface area contributed by atoms with Crippen molar-refractivity contribution < 1.29 is 14.3 Å². The molecule has 0 radical (unpaired) electrons. The zero-order valence-electron chi connectivity index (χ0n) is 27.4. The van der Waals surface area contributed by atoms with Crippen LogP contribution in [-0.4, -0.2) is 116 Å². The molecule has 4 N–H and O–H groups in total. The number of nitrogens with one attached hydrogen (secondary N) is 4. The number of amides is 2. The summed E-state index contributed by atoms with van der Waals surface area (Å²) in [5.74, 6) is 1.90. The fourth-order valence-electron chi connectivity index (χ4n) is 8.32. The summed E-state index contributed by atoms with van der Waals surface area (Å²) in [6, 6.07) is 6.97. The van der Waals surface area contributed by atoms with Gasteiger partial charge in [0.2, 0.25) is 5.91 Å². The second-order valence-corrected chi connectivity index (χ2v) is 14.3. The summed E-state index contributed by atoms with van der Waals surface area (Å²) in [5.41, 5.74) is 2.20. The van der Waals surface area contributed by atoms with Gasteiger partial charge in [-0.3, -0.25) is 19.8 Å². The molecule has 1 atom stereocenters. The van der Waals surface area contributed by atoms with Crippen molar-refractivity contribution in [1.82, 2.24) is 35.6 Å². The Morgan fingerprint density at radius 3 is 2.40 bits per heavy atom. The van der Waals surface area contributed by atoms with Gasteiger partial charge in [0, 0.05) is 70.0 Å². The molecule has 0 aromatic heterocycles. The van der Waals surface area contributed by atoms with Crippen LogP contribution >= 0.6 is 0 Å². The third-order valence-corrected chi connectivity index (χ3v) is 11.4. The van der Waals surface area contributed by atoms with Gasteiger partial charge in [-0.25, -0.2) is 0 Å². The van der Waals surface area contributed by atoms with E-state index in [1.165, 1.54) is 25.7 Å². The van der Waals surface area contributed by atoms with E-state index in [1.807, 2.05) is 30.1 Å². The number of anilines is 1. The number of ether oxygens (including phenoxy) is 1. The quantitative estimate of drug-likeness (QED) is 0.366. The van der Waals surface area contributed by atoms with E-state index in [0.29, 0.717) is 29.9 Å². The molecule has 246 valence electrons. The molecule has 1 aromatic carbocycles. The van der Waals surface area contributed by atoms with Crippen LogP contribution in [0, 0.1) is 5.41 Å². The first-order chi connectivity index (χ1) is 21.8. The van der Waals surface area contributed by atoms with E-state index in [2.05, 4.69) is 43.0 Å². The van der Waals surface area contributed by atoms with E-state index in [0.717, 1.165) is 88.5 Å². The van der Waals surface area contributed by atoms with Crippen LogP contribution in [0.3, 0.4) is 0 Å². The molecule has 1 aromatic rings. The first-order valence-electron chi connectivity index (χ1n) is 17.3. The molecule has 4 fully saturated rings. The lowest BCUT2D eigenvalue weighted by molar-refractivity contribution is -0.133. The lowest BCUT2D eigenvalue weighted by Crippen LogP contribution is -2.57. The highest BCUT2D eigenvalue weighted by molar-refractivity contribution is 5.95. The monoisotopic (exact) mass is 620 g/mol. The second-order valence-electron chi connectivity index (χ2n) is 14.3. The summed E-state index contributed by atoms with van der Waals surface area (Å²) in [7, 11) is 5.78. The number of methoxy groups -OCH3 is 1. The number of carbonyl (C=O) groups excluding carboxylic acids is 2. The summed E-state index contributed by atoms with van der Waals surface area (Å²) in [6.07, 6.45) is 10.9. The van der Waals surface area contributed by atoms with Crippen LogP contribution < -0.4 is 26.0 Å². The zero-order valence-corrected chi connectivity index (χ0v) is 27.4. The molecule has 2 amide bonds. The largest absolute Gasteiger partial charge is 0.495 e. The van der Waals surface area contributed by atoms with Gasteiger partial charge in [-0.15, -0.1) is 0 Å². The smallest absolute Gasteiger partial charge is 0.251 e. The van der Waals surface area contributed by atoms with Gasteiger partial charge in [-0.1, -0.05) is 12.8 Å². The Morgan fingerprint density at radius 2 is 1.71 bits per heavy atom. The van der Waals surface area contributed by atoms with E-state index >= 15 is 0 Å². The number of rotatable bonds is 7. The third kappa shape index (κ3) is 6.23. The van der Waals surface area contributed by atoms with E-state index in [1.54, 1.807) is 7.11 Å². The highest BCUT2D eigenvalue weighted by Gasteiger charge is 2.56. The maximum absolute atomic E-state index is 13.4. The molecular formula is C34H52N8O3. The molecule has 45 heavy (non-hydrogen) atoms.